The first-order valence-electron chi connectivity index (χ1n) is 6.77. The van der Waals surface area contributed by atoms with Gasteiger partial charge < -0.3 is 10.3 Å². The number of hydrogen-bond acceptors (Lipinski definition) is 5. The molecule has 0 spiro atoms. The summed E-state index contributed by atoms with van der Waals surface area (Å²) in [5.74, 6) is 1.25. The van der Waals surface area contributed by atoms with Crippen molar-refractivity contribution >= 4 is 16.3 Å². The molecule has 0 aliphatic carbocycles. The van der Waals surface area contributed by atoms with E-state index < -0.39 is 0 Å². The molecular weight excluding hydrogens is 282 g/mol. The van der Waals surface area contributed by atoms with Crippen molar-refractivity contribution in [3.63, 3.8) is 0 Å². The third-order valence-electron chi connectivity index (χ3n) is 3.24. The first-order valence-corrected chi connectivity index (χ1v) is 7.59. The van der Waals surface area contributed by atoms with E-state index in [0.29, 0.717) is 18.1 Å². The summed E-state index contributed by atoms with van der Waals surface area (Å²) in [5.41, 5.74) is 10.6. The van der Waals surface area contributed by atoms with Crippen LogP contribution in [0.1, 0.15) is 28.1 Å². The standard InChI is InChI=1S/C16H17N3OS/c1-9-4-10(2)6-12(5-9)8-14-18-16(20-19-14)15-11(3)7-13(17)21-15/h4-7H,8,17H2,1-3H3. The van der Waals surface area contributed by atoms with E-state index >= 15 is 0 Å². The Morgan fingerprint density at radius 1 is 1.10 bits per heavy atom. The number of aromatic nitrogens is 2. The van der Waals surface area contributed by atoms with Gasteiger partial charge in [-0.1, -0.05) is 34.5 Å². The Morgan fingerprint density at radius 2 is 1.81 bits per heavy atom. The molecule has 2 heterocycles. The Bertz CT molecular complexity index is 768. The largest absolute Gasteiger partial charge is 0.391 e. The van der Waals surface area contributed by atoms with Gasteiger partial charge in [0, 0.05) is 6.42 Å². The third kappa shape index (κ3) is 2.97. The average molecular weight is 299 g/mol. The Kier molecular flexibility index (Phi) is 3.51. The van der Waals surface area contributed by atoms with E-state index in [2.05, 4.69) is 42.2 Å². The maximum Gasteiger partial charge on any atom is 0.268 e. The maximum atomic E-state index is 5.81. The van der Waals surface area contributed by atoms with Crippen LogP contribution in [0.3, 0.4) is 0 Å². The number of aryl methyl sites for hydroxylation is 3. The zero-order valence-electron chi connectivity index (χ0n) is 12.3. The molecule has 0 bridgehead atoms. The highest BCUT2D eigenvalue weighted by atomic mass is 32.1. The van der Waals surface area contributed by atoms with Gasteiger partial charge in [-0.2, -0.15) is 4.98 Å². The van der Waals surface area contributed by atoms with Crippen LogP contribution in [0.2, 0.25) is 0 Å². The molecule has 3 rings (SSSR count). The van der Waals surface area contributed by atoms with Gasteiger partial charge in [0.2, 0.25) is 0 Å². The topological polar surface area (TPSA) is 64.9 Å². The summed E-state index contributed by atoms with van der Waals surface area (Å²) >= 11 is 1.47. The minimum atomic E-state index is 0.550. The second-order valence-electron chi connectivity index (χ2n) is 5.35. The van der Waals surface area contributed by atoms with Gasteiger partial charge in [-0.25, -0.2) is 0 Å². The van der Waals surface area contributed by atoms with Gasteiger partial charge in [0.05, 0.1) is 9.88 Å². The van der Waals surface area contributed by atoms with E-state index in [1.807, 2.05) is 13.0 Å². The predicted octanol–water partition coefficient (Wildman–Crippen LogP) is 3.90. The molecule has 0 fully saturated rings. The molecule has 5 heteroatoms. The molecule has 1 aromatic carbocycles. The molecule has 0 aliphatic rings. The normalized spacial score (nSPS) is 11.0. The van der Waals surface area contributed by atoms with Crippen molar-refractivity contribution in [2.24, 2.45) is 0 Å². The highest BCUT2D eigenvalue weighted by molar-refractivity contribution is 7.19. The summed E-state index contributed by atoms with van der Waals surface area (Å²) in [7, 11) is 0. The second kappa shape index (κ2) is 5.33. The Morgan fingerprint density at radius 3 is 2.43 bits per heavy atom. The number of thiophene rings is 1. The van der Waals surface area contributed by atoms with Gasteiger partial charge in [0.15, 0.2) is 5.82 Å². The lowest BCUT2D eigenvalue weighted by Gasteiger charge is -2.01. The number of benzene rings is 1. The van der Waals surface area contributed by atoms with E-state index in [1.54, 1.807) is 0 Å². The van der Waals surface area contributed by atoms with Crippen LogP contribution in [0, 0.1) is 20.8 Å². The van der Waals surface area contributed by atoms with Crippen molar-refractivity contribution in [2.75, 3.05) is 5.73 Å². The van der Waals surface area contributed by atoms with Gasteiger partial charge in [0.1, 0.15) is 0 Å². The summed E-state index contributed by atoms with van der Waals surface area (Å²) < 4.78 is 5.37. The zero-order chi connectivity index (χ0) is 15.0. The average Bonchev–Trinajstić information content (AvgIpc) is 2.94. The molecule has 0 unspecified atom stereocenters. The molecule has 0 saturated carbocycles. The van der Waals surface area contributed by atoms with Gasteiger partial charge >= 0.3 is 0 Å². The van der Waals surface area contributed by atoms with Crippen molar-refractivity contribution in [3.05, 3.63) is 52.3 Å². The van der Waals surface area contributed by atoms with Crippen molar-refractivity contribution in [2.45, 2.75) is 27.2 Å². The molecule has 108 valence electrons. The predicted molar refractivity (Wildman–Crippen MR) is 85.5 cm³/mol. The molecule has 0 radical (unpaired) electrons. The fraction of sp³-hybridized carbons (Fsp3) is 0.250. The van der Waals surface area contributed by atoms with E-state index in [9.17, 15) is 0 Å². The molecule has 0 aliphatic heterocycles. The first-order chi connectivity index (χ1) is 10.0. The number of hydrogen-bond donors (Lipinski definition) is 1. The highest BCUT2D eigenvalue weighted by Crippen LogP contribution is 2.32. The minimum absolute atomic E-state index is 0.550. The number of nitrogen functional groups attached to an aromatic ring is 1. The van der Waals surface area contributed by atoms with Gasteiger partial charge in [-0.15, -0.1) is 11.3 Å². The number of anilines is 1. The van der Waals surface area contributed by atoms with Crippen LogP contribution < -0.4 is 5.73 Å². The molecule has 0 atom stereocenters. The highest BCUT2D eigenvalue weighted by Gasteiger charge is 2.14. The van der Waals surface area contributed by atoms with Gasteiger partial charge in [-0.3, -0.25) is 0 Å². The number of rotatable bonds is 3. The van der Waals surface area contributed by atoms with Crippen molar-refractivity contribution in [3.8, 4) is 10.8 Å². The molecule has 0 saturated heterocycles. The molecule has 4 nitrogen and oxygen atoms in total. The molecule has 2 N–H and O–H groups in total. The van der Waals surface area contributed by atoms with Crippen LogP contribution >= 0.6 is 11.3 Å². The summed E-state index contributed by atoms with van der Waals surface area (Å²) in [4.78, 5) is 5.44. The minimum Gasteiger partial charge on any atom is -0.391 e. The van der Waals surface area contributed by atoms with Crippen LogP contribution in [-0.4, -0.2) is 10.1 Å². The second-order valence-corrected chi connectivity index (χ2v) is 6.43. The monoisotopic (exact) mass is 299 g/mol. The molecule has 21 heavy (non-hydrogen) atoms. The smallest absolute Gasteiger partial charge is 0.268 e. The molecule has 2 aromatic heterocycles. The summed E-state index contributed by atoms with van der Waals surface area (Å²) in [6, 6.07) is 8.38. The summed E-state index contributed by atoms with van der Waals surface area (Å²) in [6.45, 7) is 6.18. The fourth-order valence-corrected chi connectivity index (χ4v) is 3.35. The Balaban J connectivity index is 1.87. The van der Waals surface area contributed by atoms with Crippen LogP contribution in [0.5, 0.6) is 0 Å². The lowest BCUT2D eigenvalue weighted by molar-refractivity contribution is 0.424. The molecule has 0 amide bonds. The lowest BCUT2D eigenvalue weighted by atomic mass is 10.1. The molecular formula is C16H17N3OS. The van der Waals surface area contributed by atoms with E-state index in [0.717, 1.165) is 15.4 Å². The lowest BCUT2D eigenvalue weighted by Crippen LogP contribution is -1.92. The Labute approximate surface area is 127 Å². The van der Waals surface area contributed by atoms with Crippen molar-refractivity contribution in [1.29, 1.82) is 0 Å². The van der Waals surface area contributed by atoms with Crippen LogP contribution in [0.15, 0.2) is 28.8 Å². The number of nitrogens with zero attached hydrogens (tertiary/aromatic N) is 2. The maximum absolute atomic E-state index is 5.81. The summed E-state index contributed by atoms with van der Waals surface area (Å²) in [5, 5.41) is 4.84. The van der Waals surface area contributed by atoms with Crippen LogP contribution in [-0.2, 0) is 6.42 Å². The Hall–Kier alpha value is -2.14. The number of nitrogens with two attached hydrogens (primary N) is 1. The van der Waals surface area contributed by atoms with E-state index in [-0.39, 0.29) is 0 Å². The molecule has 3 aromatic rings. The van der Waals surface area contributed by atoms with Gasteiger partial charge in [0.25, 0.3) is 5.89 Å². The van der Waals surface area contributed by atoms with Crippen LogP contribution in [0.25, 0.3) is 10.8 Å². The van der Waals surface area contributed by atoms with Crippen molar-refractivity contribution in [1.82, 2.24) is 10.1 Å². The summed E-state index contributed by atoms with van der Waals surface area (Å²) in [6.07, 6.45) is 0.673. The first kappa shape index (κ1) is 13.8. The van der Waals surface area contributed by atoms with E-state index in [1.165, 1.54) is 28.0 Å². The zero-order valence-corrected chi connectivity index (χ0v) is 13.1. The fourth-order valence-electron chi connectivity index (χ4n) is 2.49. The van der Waals surface area contributed by atoms with Gasteiger partial charge in [-0.05, 0) is 38.0 Å². The SMILES string of the molecule is Cc1cc(C)cc(Cc2noc(-c3sc(N)cc3C)n2)c1. The third-order valence-corrected chi connectivity index (χ3v) is 4.30. The van der Waals surface area contributed by atoms with E-state index in [4.69, 9.17) is 10.3 Å². The van der Waals surface area contributed by atoms with Crippen LogP contribution in [0.4, 0.5) is 5.00 Å². The quantitative estimate of drug-likeness (QED) is 0.796. The van der Waals surface area contributed by atoms with Crippen molar-refractivity contribution < 1.29 is 4.52 Å².